The zero-order chi connectivity index (χ0) is 14.7. The fourth-order valence-corrected chi connectivity index (χ4v) is 2.22. The summed E-state index contributed by atoms with van der Waals surface area (Å²) >= 11 is 0. The third-order valence-electron chi connectivity index (χ3n) is 3.69. The Bertz CT molecular complexity index is 497. The summed E-state index contributed by atoms with van der Waals surface area (Å²) in [6.07, 6.45) is 4.95. The van der Waals surface area contributed by atoms with Crippen LogP contribution in [0.5, 0.6) is 0 Å². The molecule has 0 bridgehead atoms. The quantitative estimate of drug-likeness (QED) is 0.826. The Morgan fingerprint density at radius 1 is 1.55 bits per heavy atom. The molecule has 0 saturated heterocycles. The largest absolute Gasteiger partial charge is 0.355 e. The van der Waals surface area contributed by atoms with Crippen molar-refractivity contribution in [2.24, 2.45) is 18.9 Å². The maximum atomic E-state index is 11.9. The highest BCUT2D eigenvalue weighted by molar-refractivity contribution is 5.82. The van der Waals surface area contributed by atoms with Crippen LogP contribution in [0.1, 0.15) is 25.3 Å². The summed E-state index contributed by atoms with van der Waals surface area (Å²) in [5, 5.41) is 6.90. The Morgan fingerprint density at radius 2 is 2.25 bits per heavy atom. The van der Waals surface area contributed by atoms with Gasteiger partial charge in [-0.3, -0.25) is 14.3 Å². The van der Waals surface area contributed by atoms with Crippen LogP contribution in [0, 0.1) is 11.8 Å². The van der Waals surface area contributed by atoms with Gasteiger partial charge < -0.3 is 10.2 Å². The number of nitrogens with zero attached hydrogens (tertiary/aromatic N) is 3. The van der Waals surface area contributed by atoms with E-state index >= 15 is 0 Å². The van der Waals surface area contributed by atoms with Crippen LogP contribution in [0.3, 0.4) is 0 Å². The second-order valence-corrected chi connectivity index (χ2v) is 5.63. The second kappa shape index (κ2) is 6.07. The number of carbonyl (C=O) groups is 2. The molecule has 1 aromatic heterocycles. The molecule has 6 nitrogen and oxygen atoms in total. The molecule has 0 aromatic carbocycles. The smallest absolute Gasteiger partial charge is 0.224 e. The predicted molar refractivity (Wildman–Crippen MR) is 74.6 cm³/mol. The molecule has 1 fully saturated rings. The van der Waals surface area contributed by atoms with Crippen LogP contribution in [0.25, 0.3) is 0 Å². The van der Waals surface area contributed by atoms with Gasteiger partial charge in [-0.2, -0.15) is 5.10 Å². The van der Waals surface area contributed by atoms with E-state index in [1.54, 1.807) is 22.8 Å². The average Bonchev–Trinajstić information content (AvgIpc) is 2.99. The van der Waals surface area contributed by atoms with E-state index in [1.165, 1.54) is 0 Å². The summed E-state index contributed by atoms with van der Waals surface area (Å²) in [5.41, 5.74) is 0.999. The molecule has 1 aliphatic rings. The van der Waals surface area contributed by atoms with Crippen molar-refractivity contribution in [1.29, 1.82) is 0 Å². The molecule has 0 radical (unpaired) electrons. The summed E-state index contributed by atoms with van der Waals surface area (Å²) in [6, 6.07) is 0. The number of hydrogen-bond donors (Lipinski definition) is 1. The van der Waals surface area contributed by atoms with Gasteiger partial charge in [0.1, 0.15) is 0 Å². The molecule has 0 unspecified atom stereocenters. The number of rotatable bonds is 6. The zero-order valence-electron chi connectivity index (χ0n) is 12.3. The molecule has 2 atom stereocenters. The maximum absolute atomic E-state index is 11.9. The van der Waals surface area contributed by atoms with Crippen LogP contribution in [0.4, 0.5) is 0 Å². The third-order valence-corrected chi connectivity index (χ3v) is 3.69. The summed E-state index contributed by atoms with van der Waals surface area (Å²) in [5.74, 6) is 0.774. The molecule has 2 rings (SSSR count). The van der Waals surface area contributed by atoms with Gasteiger partial charge in [0.05, 0.1) is 6.20 Å². The van der Waals surface area contributed by atoms with Gasteiger partial charge >= 0.3 is 0 Å². The minimum Gasteiger partial charge on any atom is -0.355 e. The average molecular weight is 278 g/mol. The summed E-state index contributed by atoms with van der Waals surface area (Å²) < 4.78 is 1.71. The van der Waals surface area contributed by atoms with E-state index in [4.69, 9.17) is 0 Å². The molecule has 1 aliphatic carbocycles. The fraction of sp³-hybridized carbons (Fsp3) is 0.643. The van der Waals surface area contributed by atoms with Crippen molar-refractivity contribution in [3.63, 3.8) is 0 Å². The molecule has 6 heteroatoms. The van der Waals surface area contributed by atoms with Crippen LogP contribution < -0.4 is 5.32 Å². The minimum atomic E-state index is 0.0259. The van der Waals surface area contributed by atoms with Crippen molar-refractivity contribution in [3.8, 4) is 0 Å². The summed E-state index contributed by atoms with van der Waals surface area (Å²) in [6.45, 7) is 3.02. The molecular weight excluding hydrogens is 256 g/mol. The Morgan fingerprint density at radius 3 is 2.80 bits per heavy atom. The van der Waals surface area contributed by atoms with E-state index in [2.05, 4.69) is 17.3 Å². The van der Waals surface area contributed by atoms with Crippen molar-refractivity contribution >= 4 is 11.8 Å². The van der Waals surface area contributed by atoms with E-state index < -0.39 is 0 Å². The van der Waals surface area contributed by atoms with Gasteiger partial charge in [0, 0.05) is 51.3 Å². The van der Waals surface area contributed by atoms with Gasteiger partial charge in [0.25, 0.3) is 0 Å². The summed E-state index contributed by atoms with van der Waals surface area (Å²) in [7, 11) is 3.61. The molecule has 2 amide bonds. The fourth-order valence-electron chi connectivity index (χ4n) is 2.22. The van der Waals surface area contributed by atoms with Gasteiger partial charge in [-0.1, -0.05) is 6.92 Å². The van der Waals surface area contributed by atoms with Crippen molar-refractivity contribution in [2.75, 3.05) is 13.6 Å². The van der Waals surface area contributed by atoms with E-state index in [0.717, 1.165) is 12.0 Å². The third kappa shape index (κ3) is 3.82. The van der Waals surface area contributed by atoms with Gasteiger partial charge in [-0.05, 0) is 12.3 Å². The van der Waals surface area contributed by atoms with Crippen LogP contribution in [0.15, 0.2) is 12.4 Å². The van der Waals surface area contributed by atoms with Crippen LogP contribution >= 0.6 is 0 Å². The van der Waals surface area contributed by atoms with E-state index in [9.17, 15) is 9.59 Å². The van der Waals surface area contributed by atoms with Crippen molar-refractivity contribution in [3.05, 3.63) is 18.0 Å². The lowest BCUT2D eigenvalue weighted by Crippen LogP contribution is -2.32. The minimum absolute atomic E-state index is 0.0259. The number of carbonyl (C=O) groups excluding carboxylic acids is 2. The monoisotopic (exact) mass is 278 g/mol. The SMILES string of the molecule is C[C@H]1C[C@@H]1C(=O)NCCC(=O)N(C)Cc1cnn(C)c1. The maximum Gasteiger partial charge on any atom is 0.224 e. The first-order valence-electron chi connectivity index (χ1n) is 6.96. The van der Waals surface area contributed by atoms with Crippen molar-refractivity contribution in [1.82, 2.24) is 20.0 Å². The number of aromatic nitrogens is 2. The molecule has 0 aliphatic heterocycles. The highest BCUT2D eigenvalue weighted by atomic mass is 16.2. The molecule has 20 heavy (non-hydrogen) atoms. The Labute approximate surface area is 119 Å². The molecule has 1 heterocycles. The first kappa shape index (κ1) is 14.6. The lowest BCUT2D eigenvalue weighted by atomic mass is 10.3. The molecule has 0 spiro atoms. The van der Waals surface area contributed by atoms with Gasteiger partial charge in [0.2, 0.25) is 11.8 Å². The molecule has 1 aromatic rings. The molecule has 1 N–H and O–H groups in total. The van der Waals surface area contributed by atoms with Gasteiger partial charge in [-0.25, -0.2) is 0 Å². The van der Waals surface area contributed by atoms with Crippen LogP contribution in [-0.4, -0.2) is 40.1 Å². The zero-order valence-corrected chi connectivity index (χ0v) is 12.3. The van der Waals surface area contributed by atoms with E-state index in [0.29, 0.717) is 25.4 Å². The Kier molecular flexibility index (Phi) is 4.42. The number of aryl methyl sites for hydroxylation is 1. The second-order valence-electron chi connectivity index (χ2n) is 5.63. The highest BCUT2D eigenvalue weighted by Gasteiger charge is 2.38. The van der Waals surface area contributed by atoms with Crippen molar-refractivity contribution < 1.29 is 9.59 Å². The highest BCUT2D eigenvalue weighted by Crippen LogP contribution is 2.37. The van der Waals surface area contributed by atoms with E-state index in [1.807, 2.05) is 13.2 Å². The lowest BCUT2D eigenvalue weighted by molar-refractivity contribution is -0.130. The predicted octanol–water partition coefficient (Wildman–Crippen LogP) is 0.541. The first-order chi connectivity index (χ1) is 9.47. The molecule has 1 saturated carbocycles. The number of hydrogen-bond acceptors (Lipinski definition) is 3. The summed E-state index contributed by atoms with van der Waals surface area (Å²) in [4.78, 5) is 25.2. The number of amides is 2. The van der Waals surface area contributed by atoms with Crippen LogP contribution in [0.2, 0.25) is 0 Å². The topological polar surface area (TPSA) is 67.2 Å². The number of nitrogens with one attached hydrogen (secondary N) is 1. The first-order valence-corrected chi connectivity index (χ1v) is 6.96. The molecular formula is C14H22N4O2. The Hall–Kier alpha value is -1.85. The lowest BCUT2D eigenvalue weighted by Gasteiger charge is -2.16. The van der Waals surface area contributed by atoms with Gasteiger partial charge in [0.15, 0.2) is 0 Å². The normalized spacial score (nSPS) is 20.6. The standard InChI is InChI=1S/C14H22N4O2/c1-10-6-12(10)14(20)15-5-4-13(19)17(2)8-11-7-16-18(3)9-11/h7,9-10,12H,4-6,8H2,1-3H3,(H,15,20)/t10-,12-/m0/s1. The van der Waals surface area contributed by atoms with E-state index in [-0.39, 0.29) is 17.7 Å². The molecule has 110 valence electrons. The Balaban J connectivity index is 1.67. The van der Waals surface area contributed by atoms with Crippen LogP contribution in [-0.2, 0) is 23.2 Å². The van der Waals surface area contributed by atoms with Gasteiger partial charge in [-0.15, -0.1) is 0 Å². The van der Waals surface area contributed by atoms with Crippen molar-refractivity contribution in [2.45, 2.75) is 26.3 Å².